The second-order valence-electron chi connectivity index (χ2n) is 3.35. The van der Waals surface area contributed by atoms with Crippen molar-refractivity contribution < 1.29 is 10.0 Å². The second kappa shape index (κ2) is 3.33. The molecule has 14 heavy (non-hydrogen) atoms. The van der Waals surface area contributed by atoms with Gasteiger partial charge < -0.3 is 15.2 Å². The lowest BCUT2D eigenvalue weighted by atomic mass is 10.2. The molecule has 0 aromatic carbocycles. The Bertz CT molecular complexity index is 350. The summed E-state index contributed by atoms with van der Waals surface area (Å²) in [4.78, 5) is 13.2. The molecule has 2 rings (SSSR count). The van der Waals surface area contributed by atoms with Gasteiger partial charge in [-0.25, -0.2) is 0 Å². The Hall–Kier alpha value is -1.50. The van der Waals surface area contributed by atoms with Crippen LogP contribution in [0.2, 0.25) is 0 Å². The summed E-state index contributed by atoms with van der Waals surface area (Å²) in [7, 11) is 0. The minimum absolute atomic E-state index is 0.156. The summed E-state index contributed by atoms with van der Waals surface area (Å²) in [6, 6.07) is -0.156. The summed E-state index contributed by atoms with van der Waals surface area (Å²) < 4.78 is 1.38. The molecule has 2 atom stereocenters. The number of aliphatic hydroxyl groups excluding tert-OH is 1. The Morgan fingerprint density at radius 3 is 2.93 bits per heavy atom. The van der Waals surface area contributed by atoms with Crippen LogP contribution in [0.25, 0.3) is 0 Å². The van der Waals surface area contributed by atoms with Crippen LogP contribution in [0, 0.1) is 10.1 Å². The van der Waals surface area contributed by atoms with E-state index in [1.165, 1.54) is 11.0 Å². The predicted molar refractivity (Wildman–Crippen MR) is 45.6 cm³/mol. The molecule has 1 aromatic heterocycles. The quantitative estimate of drug-likeness (QED) is 0.543. The van der Waals surface area contributed by atoms with Gasteiger partial charge in [-0.1, -0.05) is 4.98 Å². The molecule has 0 amide bonds. The Labute approximate surface area is 79.5 Å². The van der Waals surface area contributed by atoms with Crippen molar-refractivity contribution in [1.29, 1.82) is 0 Å². The number of aliphatic hydroxyl groups is 1. The van der Waals surface area contributed by atoms with Crippen LogP contribution in [0.3, 0.4) is 0 Å². The van der Waals surface area contributed by atoms with Gasteiger partial charge in [0.1, 0.15) is 0 Å². The van der Waals surface area contributed by atoms with Crippen LogP contribution in [-0.4, -0.2) is 30.9 Å². The van der Waals surface area contributed by atoms with E-state index in [-0.39, 0.29) is 6.04 Å². The predicted octanol–water partition coefficient (Wildman–Crippen LogP) is 0.272. The molecule has 1 aromatic rings. The highest BCUT2D eigenvalue weighted by atomic mass is 16.6. The largest absolute Gasteiger partial charge is 0.490 e. The first-order valence-electron chi connectivity index (χ1n) is 4.42. The summed E-state index contributed by atoms with van der Waals surface area (Å²) in [5.74, 6) is -0.413. The van der Waals surface area contributed by atoms with Gasteiger partial charge in [0.15, 0.2) is 0 Å². The number of aromatic nitrogens is 3. The molecule has 7 heteroatoms. The zero-order valence-corrected chi connectivity index (χ0v) is 7.41. The highest BCUT2D eigenvalue weighted by Crippen LogP contribution is 2.29. The van der Waals surface area contributed by atoms with Crippen LogP contribution in [0.4, 0.5) is 5.95 Å². The summed E-state index contributed by atoms with van der Waals surface area (Å²) in [6.45, 7) is 0. The van der Waals surface area contributed by atoms with Gasteiger partial charge in [-0.2, -0.15) is 4.68 Å². The molecule has 0 bridgehead atoms. The van der Waals surface area contributed by atoms with E-state index in [2.05, 4.69) is 10.1 Å². The van der Waals surface area contributed by atoms with Gasteiger partial charge >= 0.3 is 5.95 Å². The molecule has 1 N–H and O–H groups in total. The molecule has 1 heterocycles. The summed E-state index contributed by atoms with van der Waals surface area (Å²) in [5.41, 5.74) is 0. The second-order valence-corrected chi connectivity index (χ2v) is 3.35. The molecular weight excluding hydrogens is 188 g/mol. The van der Waals surface area contributed by atoms with Gasteiger partial charge in [0.2, 0.25) is 6.33 Å². The molecule has 1 fully saturated rings. The number of nitrogens with zero attached hydrogens (tertiary/aromatic N) is 4. The fourth-order valence-electron chi connectivity index (χ4n) is 1.74. The van der Waals surface area contributed by atoms with Crippen molar-refractivity contribution in [3.05, 3.63) is 16.4 Å². The van der Waals surface area contributed by atoms with Crippen molar-refractivity contribution >= 4 is 5.95 Å². The normalized spacial score (nSPS) is 26.6. The van der Waals surface area contributed by atoms with Gasteiger partial charge in [0, 0.05) is 5.10 Å². The third kappa shape index (κ3) is 1.46. The van der Waals surface area contributed by atoms with Crippen LogP contribution < -0.4 is 0 Å². The highest BCUT2D eigenvalue weighted by molar-refractivity contribution is 4.99. The lowest BCUT2D eigenvalue weighted by Crippen LogP contribution is -2.18. The van der Waals surface area contributed by atoms with Gasteiger partial charge in [-0.15, -0.1) is 0 Å². The third-order valence-electron chi connectivity index (χ3n) is 2.44. The highest BCUT2D eigenvalue weighted by Gasteiger charge is 2.30. The van der Waals surface area contributed by atoms with E-state index in [0.717, 1.165) is 19.3 Å². The average Bonchev–Trinajstić information content (AvgIpc) is 2.71. The zero-order valence-electron chi connectivity index (χ0n) is 7.41. The zero-order chi connectivity index (χ0) is 10.1. The molecule has 0 aliphatic heterocycles. The fraction of sp³-hybridized carbons (Fsp3) is 0.714. The number of nitro groups is 1. The van der Waals surface area contributed by atoms with Gasteiger partial charge in [-0.3, -0.25) is 0 Å². The standard InChI is InChI=1S/C7H10N4O3/c12-6-3-1-2-5(6)10-4-8-7(9-10)11(13)14/h4-6,12H,1-3H2. The number of hydrogen-bond donors (Lipinski definition) is 1. The molecule has 76 valence electrons. The first-order valence-corrected chi connectivity index (χ1v) is 4.42. The molecule has 7 nitrogen and oxygen atoms in total. The van der Waals surface area contributed by atoms with Crippen molar-refractivity contribution in [3.63, 3.8) is 0 Å². The van der Waals surface area contributed by atoms with Crippen molar-refractivity contribution in [2.45, 2.75) is 31.4 Å². The Morgan fingerprint density at radius 2 is 2.43 bits per heavy atom. The number of rotatable bonds is 2. The fourth-order valence-corrected chi connectivity index (χ4v) is 1.74. The van der Waals surface area contributed by atoms with Crippen molar-refractivity contribution in [3.8, 4) is 0 Å². The van der Waals surface area contributed by atoms with E-state index in [4.69, 9.17) is 0 Å². The van der Waals surface area contributed by atoms with E-state index in [0.29, 0.717) is 0 Å². The number of hydrogen-bond acceptors (Lipinski definition) is 5. The van der Waals surface area contributed by atoms with Gasteiger partial charge in [-0.05, 0) is 24.2 Å². The van der Waals surface area contributed by atoms with Crippen LogP contribution in [-0.2, 0) is 0 Å². The molecule has 0 saturated heterocycles. The molecule has 1 saturated carbocycles. The monoisotopic (exact) mass is 198 g/mol. The first-order chi connectivity index (χ1) is 6.68. The van der Waals surface area contributed by atoms with E-state index in [9.17, 15) is 15.2 Å². The SMILES string of the molecule is O=[N+]([O-])c1ncn(C2CCCC2O)n1. The maximum Gasteiger partial charge on any atom is 0.490 e. The Balaban J connectivity index is 2.20. The minimum atomic E-state index is -0.641. The third-order valence-corrected chi connectivity index (χ3v) is 2.44. The molecular formula is C7H10N4O3. The van der Waals surface area contributed by atoms with Crippen LogP contribution in [0.1, 0.15) is 25.3 Å². The van der Waals surface area contributed by atoms with Crippen molar-refractivity contribution in [2.24, 2.45) is 0 Å². The summed E-state index contributed by atoms with van der Waals surface area (Å²) >= 11 is 0. The van der Waals surface area contributed by atoms with Crippen molar-refractivity contribution in [1.82, 2.24) is 14.8 Å². The molecule has 0 spiro atoms. The lowest BCUT2D eigenvalue weighted by Gasteiger charge is -2.10. The van der Waals surface area contributed by atoms with Crippen LogP contribution in [0.15, 0.2) is 6.33 Å². The Morgan fingerprint density at radius 1 is 1.64 bits per heavy atom. The lowest BCUT2D eigenvalue weighted by molar-refractivity contribution is -0.394. The topological polar surface area (TPSA) is 94.1 Å². The van der Waals surface area contributed by atoms with E-state index >= 15 is 0 Å². The van der Waals surface area contributed by atoms with E-state index in [1.807, 2.05) is 0 Å². The molecule has 0 radical (unpaired) electrons. The molecule has 1 aliphatic carbocycles. The summed E-state index contributed by atoms with van der Waals surface area (Å²) in [5, 5.41) is 23.5. The maximum atomic E-state index is 10.3. The maximum absolute atomic E-state index is 10.3. The first kappa shape index (κ1) is 9.07. The smallest absolute Gasteiger partial charge is 0.391 e. The van der Waals surface area contributed by atoms with Crippen LogP contribution >= 0.6 is 0 Å². The van der Waals surface area contributed by atoms with E-state index < -0.39 is 17.0 Å². The average molecular weight is 198 g/mol. The minimum Gasteiger partial charge on any atom is -0.391 e. The molecule has 2 unspecified atom stereocenters. The van der Waals surface area contributed by atoms with E-state index in [1.54, 1.807) is 0 Å². The summed E-state index contributed by atoms with van der Waals surface area (Å²) in [6.07, 6.45) is 3.27. The van der Waals surface area contributed by atoms with Crippen LogP contribution in [0.5, 0.6) is 0 Å². The van der Waals surface area contributed by atoms with Gasteiger partial charge in [0.05, 0.1) is 12.1 Å². The van der Waals surface area contributed by atoms with Gasteiger partial charge in [0.25, 0.3) is 0 Å². The molecule has 1 aliphatic rings. The van der Waals surface area contributed by atoms with Crippen molar-refractivity contribution in [2.75, 3.05) is 0 Å². The Kier molecular flexibility index (Phi) is 2.16.